The van der Waals surface area contributed by atoms with Crippen molar-refractivity contribution in [1.29, 1.82) is 0 Å². The molecule has 8 aromatic rings. The van der Waals surface area contributed by atoms with Gasteiger partial charge in [-0.3, -0.25) is 0 Å². The van der Waals surface area contributed by atoms with Gasteiger partial charge in [0.25, 0.3) is 0 Å². The molecular formula is C42H30N2. The number of para-hydroxylation sites is 2. The Balaban J connectivity index is 1.23. The highest BCUT2D eigenvalue weighted by Gasteiger charge is 2.16. The Morgan fingerprint density at radius 2 is 0.477 bits per heavy atom. The van der Waals surface area contributed by atoms with Crippen LogP contribution in [0, 0.1) is 0 Å². The van der Waals surface area contributed by atoms with Crippen molar-refractivity contribution in [2.24, 2.45) is 0 Å². The first-order chi connectivity index (χ1) is 21.8. The molecule has 0 heterocycles. The average molecular weight is 563 g/mol. The van der Waals surface area contributed by atoms with E-state index in [-0.39, 0.29) is 0 Å². The van der Waals surface area contributed by atoms with Crippen LogP contribution in [0.2, 0.25) is 0 Å². The number of rotatable bonds is 6. The SMILES string of the molecule is c1ccc(N(c2ccc3ccccc3c2)c2ccc3cc(N(c4ccccc4)c4ccc5ccccc5c4)ccc3c2)cc1. The number of benzene rings is 8. The molecule has 0 spiro atoms. The van der Waals surface area contributed by atoms with Crippen LogP contribution in [-0.4, -0.2) is 0 Å². The molecule has 0 unspecified atom stereocenters. The molecule has 208 valence electrons. The van der Waals surface area contributed by atoms with E-state index in [1.165, 1.54) is 32.3 Å². The molecule has 0 aliphatic carbocycles. The third-order valence-electron chi connectivity index (χ3n) is 8.34. The van der Waals surface area contributed by atoms with Crippen LogP contribution in [0.5, 0.6) is 0 Å². The van der Waals surface area contributed by atoms with Gasteiger partial charge in [0.15, 0.2) is 0 Å². The van der Waals surface area contributed by atoms with Crippen molar-refractivity contribution in [2.75, 3.05) is 9.80 Å². The predicted molar refractivity (Wildman–Crippen MR) is 188 cm³/mol. The van der Waals surface area contributed by atoms with E-state index in [0.717, 1.165) is 34.1 Å². The van der Waals surface area contributed by atoms with Crippen LogP contribution in [0.1, 0.15) is 0 Å². The number of nitrogens with zero attached hydrogens (tertiary/aromatic N) is 2. The maximum atomic E-state index is 2.34. The first-order valence-corrected chi connectivity index (χ1v) is 15.0. The molecule has 0 aliphatic heterocycles. The van der Waals surface area contributed by atoms with Crippen LogP contribution >= 0.6 is 0 Å². The predicted octanol–water partition coefficient (Wildman–Crippen LogP) is 12.1. The Hall–Kier alpha value is -5.86. The van der Waals surface area contributed by atoms with E-state index in [9.17, 15) is 0 Å². The molecule has 0 fully saturated rings. The molecule has 2 heteroatoms. The molecule has 8 aromatic carbocycles. The molecule has 0 aromatic heterocycles. The van der Waals surface area contributed by atoms with Crippen LogP contribution in [0.4, 0.5) is 34.1 Å². The molecule has 0 N–H and O–H groups in total. The van der Waals surface area contributed by atoms with E-state index in [0.29, 0.717) is 0 Å². The van der Waals surface area contributed by atoms with Crippen LogP contribution < -0.4 is 9.80 Å². The number of anilines is 6. The van der Waals surface area contributed by atoms with E-state index < -0.39 is 0 Å². The fourth-order valence-electron chi connectivity index (χ4n) is 6.18. The van der Waals surface area contributed by atoms with Crippen LogP contribution in [-0.2, 0) is 0 Å². The van der Waals surface area contributed by atoms with Crippen molar-refractivity contribution < 1.29 is 0 Å². The van der Waals surface area contributed by atoms with Crippen molar-refractivity contribution in [3.8, 4) is 0 Å². The Morgan fingerprint density at radius 1 is 0.205 bits per heavy atom. The fourth-order valence-corrected chi connectivity index (χ4v) is 6.18. The third-order valence-corrected chi connectivity index (χ3v) is 8.34. The zero-order valence-corrected chi connectivity index (χ0v) is 24.2. The minimum absolute atomic E-state index is 1.13. The fraction of sp³-hybridized carbons (Fsp3) is 0. The van der Waals surface area contributed by atoms with Gasteiger partial charge in [-0.15, -0.1) is 0 Å². The smallest absolute Gasteiger partial charge is 0.0468 e. The first-order valence-electron chi connectivity index (χ1n) is 15.0. The molecule has 0 amide bonds. The van der Waals surface area contributed by atoms with Crippen molar-refractivity contribution in [3.63, 3.8) is 0 Å². The summed E-state index contributed by atoms with van der Waals surface area (Å²) in [6.45, 7) is 0. The van der Waals surface area contributed by atoms with Gasteiger partial charge in [0, 0.05) is 34.1 Å². The van der Waals surface area contributed by atoms with E-state index in [1.807, 2.05) is 0 Å². The summed E-state index contributed by atoms with van der Waals surface area (Å²) in [6, 6.07) is 65.2. The summed E-state index contributed by atoms with van der Waals surface area (Å²) in [5, 5.41) is 7.32. The molecule has 0 saturated heterocycles. The minimum Gasteiger partial charge on any atom is -0.310 e. The van der Waals surface area contributed by atoms with Gasteiger partial charge in [-0.25, -0.2) is 0 Å². The second-order valence-corrected chi connectivity index (χ2v) is 11.1. The Labute approximate surface area is 257 Å². The van der Waals surface area contributed by atoms with Crippen molar-refractivity contribution in [1.82, 2.24) is 0 Å². The molecule has 0 aliphatic rings. The second-order valence-electron chi connectivity index (χ2n) is 11.1. The first kappa shape index (κ1) is 25.8. The monoisotopic (exact) mass is 562 g/mol. The molecule has 0 bridgehead atoms. The van der Waals surface area contributed by atoms with E-state index >= 15 is 0 Å². The van der Waals surface area contributed by atoms with Gasteiger partial charge in [0.1, 0.15) is 0 Å². The highest BCUT2D eigenvalue weighted by Crippen LogP contribution is 2.40. The van der Waals surface area contributed by atoms with Crippen molar-refractivity contribution >= 4 is 66.4 Å². The normalized spacial score (nSPS) is 11.2. The zero-order valence-electron chi connectivity index (χ0n) is 24.2. The van der Waals surface area contributed by atoms with E-state index in [2.05, 4.69) is 192 Å². The van der Waals surface area contributed by atoms with Gasteiger partial charge in [0.2, 0.25) is 0 Å². The lowest BCUT2D eigenvalue weighted by atomic mass is 10.0. The standard InChI is InChI=1S/C42H30N2/c1-3-15-37(16-4-1)43(39-23-19-31-11-7-9-13-33(31)27-39)41-25-21-36-30-42(26-22-35(36)29-41)44(38-17-5-2-6-18-38)40-24-20-32-12-8-10-14-34(32)28-40/h1-30H. The third kappa shape index (κ3) is 4.83. The Bertz CT molecular complexity index is 2080. The number of hydrogen-bond acceptors (Lipinski definition) is 2. The largest absolute Gasteiger partial charge is 0.310 e. The molecule has 0 radical (unpaired) electrons. The lowest BCUT2D eigenvalue weighted by Crippen LogP contribution is -2.10. The maximum absolute atomic E-state index is 2.34. The summed E-state index contributed by atoms with van der Waals surface area (Å²) >= 11 is 0. The summed E-state index contributed by atoms with van der Waals surface area (Å²) in [5.41, 5.74) is 6.79. The maximum Gasteiger partial charge on any atom is 0.0468 e. The molecule has 2 nitrogen and oxygen atoms in total. The van der Waals surface area contributed by atoms with Crippen LogP contribution in [0.25, 0.3) is 32.3 Å². The van der Waals surface area contributed by atoms with Gasteiger partial charge in [-0.05, 0) is 105 Å². The van der Waals surface area contributed by atoms with Gasteiger partial charge in [0.05, 0.1) is 0 Å². The number of fused-ring (bicyclic) bond motifs is 3. The van der Waals surface area contributed by atoms with Gasteiger partial charge >= 0.3 is 0 Å². The summed E-state index contributed by atoms with van der Waals surface area (Å²) in [4.78, 5) is 4.68. The van der Waals surface area contributed by atoms with Gasteiger partial charge < -0.3 is 9.80 Å². The van der Waals surface area contributed by atoms with Crippen LogP contribution in [0.3, 0.4) is 0 Å². The summed E-state index contributed by atoms with van der Waals surface area (Å²) in [5.74, 6) is 0. The summed E-state index contributed by atoms with van der Waals surface area (Å²) < 4.78 is 0. The van der Waals surface area contributed by atoms with Gasteiger partial charge in [-0.2, -0.15) is 0 Å². The topological polar surface area (TPSA) is 6.48 Å². The summed E-state index contributed by atoms with van der Waals surface area (Å²) in [6.07, 6.45) is 0. The highest BCUT2D eigenvalue weighted by atomic mass is 15.1. The molecule has 44 heavy (non-hydrogen) atoms. The molecule has 0 atom stereocenters. The van der Waals surface area contributed by atoms with Crippen molar-refractivity contribution in [3.05, 3.63) is 182 Å². The average Bonchev–Trinajstić information content (AvgIpc) is 3.09. The highest BCUT2D eigenvalue weighted by molar-refractivity contribution is 5.95. The van der Waals surface area contributed by atoms with Crippen LogP contribution in [0.15, 0.2) is 182 Å². The van der Waals surface area contributed by atoms with Crippen molar-refractivity contribution in [2.45, 2.75) is 0 Å². The minimum atomic E-state index is 1.13. The van der Waals surface area contributed by atoms with E-state index in [4.69, 9.17) is 0 Å². The van der Waals surface area contributed by atoms with Gasteiger partial charge in [-0.1, -0.05) is 109 Å². The zero-order chi connectivity index (χ0) is 29.3. The Morgan fingerprint density at radius 3 is 0.841 bits per heavy atom. The lowest BCUT2D eigenvalue weighted by molar-refractivity contribution is 1.29. The summed E-state index contributed by atoms with van der Waals surface area (Å²) in [7, 11) is 0. The quantitative estimate of drug-likeness (QED) is 0.199. The lowest BCUT2D eigenvalue weighted by Gasteiger charge is -2.27. The number of hydrogen-bond donors (Lipinski definition) is 0. The molecule has 8 rings (SSSR count). The molecular weight excluding hydrogens is 532 g/mol. The Kier molecular flexibility index (Phi) is 6.51. The van der Waals surface area contributed by atoms with E-state index in [1.54, 1.807) is 0 Å². The molecule has 0 saturated carbocycles. The second kappa shape index (κ2) is 11.1.